The molecule has 1 aromatic carbocycles. The molecule has 3 atom stereocenters. The fourth-order valence-electron chi connectivity index (χ4n) is 3.61. The lowest BCUT2D eigenvalue weighted by Gasteiger charge is -2.49. The van der Waals surface area contributed by atoms with Crippen LogP contribution in [0.4, 0.5) is 0 Å². The van der Waals surface area contributed by atoms with Gasteiger partial charge in [-0.15, -0.1) is 16.9 Å². The number of carboxylic acid groups (broad SMARTS) is 1. The lowest BCUT2D eigenvalue weighted by molar-refractivity contribution is -0.151. The number of nitrogens with zero attached hydrogens (tertiary/aromatic N) is 5. The number of aliphatic hydroxyl groups is 1. The van der Waals surface area contributed by atoms with Crippen LogP contribution in [0.25, 0.3) is 0 Å². The first-order chi connectivity index (χ1) is 17.1. The first kappa shape index (κ1) is 26.1. The second-order valence-electron chi connectivity index (χ2n) is 7.73. The largest absolute Gasteiger partial charge is 0.477 e. The number of aryl methyl sites for hydroxylation is 1. The van der Waals surface area contributed by atoms with Gasteiger partial charge in [-0.2, -0.15) is 8.42 Å². The van der Waals surface area contributed by atoms with Gasteiger partial charge in [-0.05, 0) is 21.6 Å². The molecule has 14 nitrogen and oxygen atoms in total. The normalized spacial score (nSPS) is 20.5. The van der Waals surface area contributed by atoms with Gasteiger partial charge in [-0.25, -0.2) is 9.48 Å². The minimum atomic E-state index is -4.23. The van der Waals surface area contributed by atoms with Crippen molar-refractivity contribution in [2.75, 3.05) is 17.3 Å². The second kappa shape index (κ2) is 10.6. The highest BCUT2D eigenvalue weighted by Crippen LogP contribution is 2.41. The Morgan fingerprint density at radius 1 is 1.28 bits per heavy atom. The maximum atomic E-state index is 12.8. The summed E-state index contributed by atoms with van der Waals surface area (Å²) < 4.78 is 32.0. The molecule has 1 saturated heterocycles. The fraction of sp³-hybridized carbons (Fsp3) is 0.368. The van der Waals surface area contributed by atoms with E-state index < -0.39 is 51.2 Å². The Morgan fingerprint density at radius 3 is 2.67 bits per heavy atom. The number of hydrogen-bond donors (Lipinski definition) is 4. The molecule has 4 N–H and O–H groups in total. The van der Waals surface area contributed by atoms with E-state index in [-0.39, 0.29) is 28.9 Å². The number of carboxylic acids is 1. The molecule has 0 spiro atoms. The summed E-state index contributed by atoms with van der Waals surface area (Å²) in [6.45, 7) is -0.198. The monoisotopic (exact) mass is 556 g/mol. The van der Waals surface area contributed by atoms with Gasteiger partial charge in [0.1, 0.15) is 17.1 Å². The summed E-state index contributed by atoms with van der Waals surface area (Å²) in [6.07, 6.45) is -1.48. The number of nitrogens with one attached hydrogen (secondary N) is 1. The Balaban J connectivity index is 1.43. The van der Waals surface area contributed by atoms with Crippen LogP contribution < -0.4 is 5.32 Å². The Bertz CT molecular complexity index is 1320. The lowest BCUT2D eigenvalue weighted by atomic mass is 10.0. The van der Waals surface area contributed by atoms with Gasteiger partial charge >= 0.3 is 5.97 Å². The Morgan fingerprint density at radius 2 is 2.00 bits per heavy atom. The van der Waals surface area contributed by atoms with Crippen LogP contribution in [0, 0.1) is 0 Å². The van der Waals surface area contributed by atoms with Crippen molar-refractivity contribution in [3.8, 4) is 0 Å². The van der Waals surface area contributed by atoms with Crippen molar-refractivity contribution < 1.29 is 37.6 Å². The van der Waals surface area contributed by atoms with Crippen molar-refractivity contribution >= 4 is 51.4 Å². The van der Waals surface area contributed by atoms with Gasteiger partial charge in [0.2, 0.25) is 5.16 Å². The van der Waals surface area contributed by atoms with Crippen molar-refractivity contribution in [2.24, 2.45) is 0 Å². The maximum Gasteiger partial charge on any atom is 0.352 e. The number of β-lactam (4-membered cyclic amide) rings is 1. The van der Waals surface area contributed by atoms with E-state index in [2.05, 4.69) is 20.8 Å². The first-order valence-corrected chi connectivity index (χ1v) is 14.0. The number of carbonyl (C=O) groups excluding carboxylic acids is 2. The van der Waals surface area contributed by atoms with Gasteiger partial charge in [-0.3, -0.25) is 19.0 Å². The Labute approximate surface area is 212 Å². The molecule has 17 heteroatoms. The van der Waals surface area contributed by atoms with E-state index in [1.807, 2.05) is 0 Å². The summed E-state index contributed by atoms with van der Waals surface area (Å²) in [5.41, 5.74) is 0.571. The van der Waals surface area contributed by atoms with E-state index in [1.54, 1.807) is 30.3 Å². The number of tetrazole rings is 1. The number of amides is 2. The fourth-order valence-corrected chi connectivity index (χ4v) is 6.40. The van der Waals surface area contributed by atoms with Crippen LogP contribution in [0.1, 0.15) is 11.7 Å². The summed E-state index contributed by atoms with van der Waals surface area (Å²) in [4.78, 5) is 38.4. The average molecular weight is 557 g/mol. The third kappa shape index (κ3) is 5.54. The molecule has 3 heterocycles. The smallest absolute Gasteiger partial charge is 0.352 e. The number of aromatic nitrogens is 4. The van der Waals surface area contributed by atoms with Crippen LogP contribution in [-0.4, -0.2) is 94.7 Å². The zero-order valence-electron chi connectivity index (χ0n) is 18.3. The Hall–Kier alpha value is -2.99. The summed E-state index contributed by atoms with van der Waals surface area (Å²) in [5.74, 6) is -2.95. The second-order valence-corrected chi connectivity index (χ2v) is 11.3. The highest BCUT2D eigenvalue weighted by Gasteiger charge is 2.54. The highest BCUT2D eigenvalue weighted by molar-refractivity contribution is 8.01. The number of thioether (sulfide) groups is 2. The van der Waals surface area contributed by atoms with E-state index in [1.165, 1.54) is 11.8 Å². The number of fused-ring (bicyclic) bond motifs is 1. The molecule has 4 rings (SSSR count). The van der Waals surface area contributed by atoms with E-state index in [9.17, 15) is 33.0 Å². The first-order valence-electron chi connectivity index (χ1n) is 10.3. The summed E-state index contributed by atoms with van der Waals surface area (Å²) >= 11 is 2.31. The number of aliphatic carboxylic acids is 1. The summed E-state index contributed by atoms with van der Waals surface area (Å²) in [6, 6.07) is 7.21. The molecule has 2 amide bonds. The minimum absolute atomic E-state index is 0.0983. The molecule has 0 radical (unpaired) electrons. The van der Waals surface area contributed by atoms with Crippen LogP contribution in [0.15, 0.2) is 46.8 Å². The molecular formula is C19H20N6O8S3. The molecule has 2 aliphatic heterocycles. The molecule has 1 unspecified atom stereocenters. The zero-order chi connectivity index (χ0) is 26.0. The molecule has 1 aromatic heterocycles. The molecule has 2 aliphatic rings. The van der Waals surface area contributed by atoms with Crippen LogP contribution in [0.3, 0.4) is 0 Å². The molecule has 0 saturated carbocycles. The quantitative estimate of drug-likeness (QED) is 0.160. The highest BCUT2D eigenvalue weighted by atomic mass is 32.2. The summed E-state index contributed by atoms with van der Waals surface area (Å²) in [5, 5.41) is 33.0. The van der Waals surface area contributed by atoms with Gasteiger partial charge in [0.25, 0.3) is 21.9 Å². The minimum Gasteiger partial charge on any atom is -0.477 e. The predicted molar refractivity (Wildman–Crippen MR) is 126 cm³/mol. The van der Waals surface area contributed by atoms with Crippen LogP contribution in [0.2, 0.25) is 0 Å². The number of aliphatic hydroxyl groups excluding tert-OH is 1. The molecule has 36 heavy (non-hydrogen) atoms. The van der Waals surface area contributed by atoms with Crippen molar-refractivity contribution in [1.29, 1.82) is 0 Å². The van der Waals surface area contributed by atoms with Crippen LogP contribution in [-0.2, 0) is 31.0 Å². The van der Waals surface area contributed by atoms with Gasteiger partial charge in [0, 0.05) is 11.5 Å². The van der Waals surface area contributed by atoms with E-state index >= 15 is 0 Å². The standard InChI is InChI=1S/C19H20N6O8S3/c26-14(10-4-2-1-3-5-10)15(27)20-12-16(28)25-13(18(29)30)11(8-34-17(12)25)9-35-19-21-22-23-24(19)6-7-36(31,32)33/h1-5,12,14,17,26H,6-9H2,(H,20,27)(H,29,30)(H,31,32,33)/t12?,14-,17-/m1/s1. The molecule has 0 aliphatic carbocycles. The molecule has 0 bridgehead atoms. The molecule has 192 valence electrons. The van der Waals surface area contributed by atoms with Gasteiger partial charge in [0.15, 0.2) is 6.10 Å². The molecule has 2 aromatic rings. The average Bonchev–Trinajstić information content (AvgIpc) is 3.30. The van der Waals surface area contributed by atoms with E-state index in [0.717, 1.165) is 21.3 Å². The van der Waals surface area contributed by atoms with Crippen molar-refractivity contribution in [3.63, 3.8) is 0 Å². The van der Waals surface area contributed by atoms with Gasteiger partial charge < -0.3 is 15.5 Å². The van der Waals surface area contributed by atoms with E-state index in [4.69, 9.17) is 4.55 Å². The van der Waals surface area contributed by atoms with Gasteiger partial charge in [-0.1, -0.05) is 42.1 Å². The van der Waals surface area contributed by atoms with Crippen molar-refractivity contribution in [2.45, 2.75) is 29.2 Å². The number of carbonyl (C=O) groups is 3. The number of rotatable bonds is 10. The number of hydrogen-bond acceptors (Lipinski definition) is 11. The van der Waals surface area contributed by atoms with Crippen LogP contribution >= 0.6 is 23.5 Å². The lowest BCUT2D eigenvalue weighted by Crippen LogP contribution is -2.70. The SMILES string of the molecule is O=C(O)C1=C(CSc2nnnn2CCS(=O)(=O)O)CS[C@@H]2C(NC(=O)[C@H](O)c3ccccc3)C(=O)N12. The topological polar surface area (TPSA) is 205 Å². The zero-order valence-corrected chi connectivity index (χ0v) is 20.7. The van der Waals surface area contributed by atoms with Crippen molar-refractivity contribution in [1.82, 2.24) is 30.4 Å². The van der Waals surface area contributed by atoms with Crippen molar-refractivity contribution in [3.05, 3.63) is 47.2 Å². The molecule has 1 fully saturated rings. The maximum absolute atomic E-state index is 12.8. The predicted octanol–water partition coefficient (Wildman–Crippen LogP) is -0.875. The van der Waals surface area contributed by atoms with Crippen LogP contribution in [0.5, 0.6) is 0 Å². The third-order valence-corrected chi connectivity index (χ3v) is 8.43. The molecular weight excluding hydrogens is 536 g/mol. The third-order valence-electron chi connectivity index (χ3n) is 5.35. The van der Waals surface area contributed by atoms with Gasteiger partial charge in [0.05, 0.1) is 12.3 Å². The number of benzene rings is 1. The summed E-state index contributed by atoms with van der Waals surface area (Å²) in [7, 11) is -4.23. The Kier molecular flexibility index (Phi) is 7.65. The van der Waals surface area contributed by atoms with E-state index in [0.29, 0.717) is 11.1 Å².